The van der Waals surface area contributed by atoms with Crippen LogP contribution in [0.3, 0.4) is 0 Å². The molecule has 6 heteroatoms. The average Bonchev–Trinajstić information content (AvgIpc) is 2.56. The molecule has 0 radical (unpaired) electrons. The summed E-state index contributed by atoms with van der Waals surface area (Å²) in [4.78, 5) is 3.99. The highest BCUT2D eigenvalue weighted by molar-refractivity contribution is 14.1. The van der Waals surface area contributed by atoms with Crippen LogP contribution in [-0.4, -0.2) is 14.8 Å². The van der Waals surface area contributed by atoms with E-state index in [0.717, 1.165) is 13.0 Å². The molecule has 0 amide bonds. The van der Waals surface area contributed by atoms with Crippen LogP contribution in [0.25, 0.3) is 5.69 Å². The summed E-state index contributed by atoms with van der Waals surface area (Å²) < 4.78 is 3.90. The van der Waals surface area contributed by atoms with Gasteiger partial charge >= 0.3 is 0 Å². The predicted octanol–water partition coefficient (Wildman–Crippen LogP) is 3.13. The number of hydrogen-bond donors (Lipinski definition) is 0. The van der Waals surface area contributed by atoms with Gasteiger partial charge in [0.15, 0.2) is 0 Å². The Labute approximate surface area is 113 Å². The number of aromatic nitrogens is 3. The lowest BCUT2D eigenvalue weighted by atomic mass is 10.4. The molecule has 2 rings (SSSR count). The molecule has 2 aromatic rings. The minimum absolute atomic E-state index is 0.478. The van der Waals surface area contributed by atoms with Crippen LogP contribution in [0.4, 0.5) is 0 Å². The molecule has 0 bridgehead atoms. The first-order valence-corrected chi connectivity index (χ1v) is 6.23. The Morgan fingerprint density at radius 2 is 2.14 bits per heavy atom. The van der Waals surface area contributed by atoms with E-state index >= 15 is 0 Å². The highest BCUT2D eigenvalue weighted by atomic mass is 127. The van der Waals surface area contributed by atoms with Crippen molar-refractivity contribution < 1.29 is 0 Å². The van der Waals surface area contributed by atoms with Crippen LogP contribution in [0.15, 0.2) is 24.5 Å². The van der Waals surface area contributed by atoms with Crippen LogP contribution < -0.4 is 0 Å². The lowest BCUT2D eigenvalue weighted by Crippen LogP contribution is -2.01. The van der Waals surface area contributed by atoms with Gasteiger partial charge < -0.3 is 0 Å². The minimum Gasteiger partial charge on any atom is -0.243 e. The molecule has 0 saturated heterocycles. The van der Waals surface area contributed by atoms with E-state index in [1.807, 2.05) is 10.7 Å². The molecule has 0 aliphatic carbocycles. The highest BCUT2D eigenvalue weighted by Gasteiger charge is 2.07. The maximum absolute atomic E-state index is 5.83. The van der Waals surface area contributed by atoms with Crippen LogP contribution in [0, 0.1) is 7.27 Å². The van der Waals surface area contributed by atoms with Crippen molar-refractivity contribution >= 4 is 56.8 Å². The number of hydrogen-bond acceptors (Lipinski definition) is 2. The monoisotopic (exact) mass is 431 g/mol. The zero-order valence-corrected chi connectivity index (χ0v) is 11.9. The van der Waals surface area contributed by atoms with Crippen molar-refractivity contribution in [3.8, 4) is 5.69 Å². The fourth-order valence-electron chi connectivity index (χ4n) is 1.03. The molecule has 72 valence electrons. The van der Waals surface area contributed by atoms with E-state index in [2.05, 4.69) is 55.3 Å². The third kappa shape index (κ3) is 2.03. The Bertz CT molecular complexity index is 469. The van der Waals surface area contributed by atoms with Gasteiger partial charge in [0.2, 0.25) is 0 Å². The Kier molecular flexibility index (Phi) is 3.27. The van der Waals surface area contributed by atoms with E-state index < -0.39 is 0 Å². The molecule has 0 saturated carbocycles. The molecule has 0 spiro atoms. The second-order valence-electron chi connectivity index (χ2n) is 2.52. The molecular formula is C8H4ClI2N3. The van der Waals surface area contributed by atoms with Crippen molar-refractivity contribution in [3.63, 3.8) is 0 Å². The van der Waals surface area contributed by atoms with Gasteiger partial charge in [-0.25, -0.2) is 9.67 Å². The smallest absolute Gasteiger partial charge is 0.131 e. The normalized spacial score (nSPS) is 10.5. The van der Waals surface area contributed by atoms with E-state index in [1.165, 1.54) is 0 Å². The molecule has 0 fully saturated rings. The first-order valence-electron chi connectivity index (χ1n) is 3.69. The van der Waals surface area contributed by atoms with Crippen molar-refractivity contribution in [2.75, 3.05) is 0 Å². The number of halogens is 3. The summed E-state index contributed by atoms with van der Waals surface area (Å²) in [5, 5.41) is 4.68. The molecule has 2 aromatic heterocycles. The van der Waals surface area contributed by atoms with Crippen molar-refractivity contribution in [1.29, 1.82) is 0 Å². The van der Waals surface area contributed by atoms with Crippen molar-refractivity contribution in [2.24, 2.45) is 0 Å². The first kappa shape index (κ1) is 10.6. The predicted molar refractivity (Wildman–Crippen MR) is 71.8 cm³/mol. The van der Waals surface area contributed by atoms with Crippen molar-refractivity contribution in [3.05, 3.63) is 37.0 Å². The first-order chi connectivity index (χ1) is 6.68. The third-order valence-corrected chi connectivity index (χ3v) is 3.48. The Morgan fingerprint density at radius 3 is 2.79 bits per heavy atom. The number of rotatable bonds is 1. The standard InChI is InChI=1S/C8H4ClI2N3/c9-7-3-6(5(10)4-12-7)14-8(11)1-2-13-14/h1-4H. The summed E-state index contributed by atoms with van der Waals surface area (Å²) in [6.45, 7) is 0. The minimum atomic E-state index is 0.478. The van der Waals surface area contributed by atoms with E-state index in [1.54, 1.807) is 18.5 Å². The lowest BCUT2D eigenvalue weighted by molar-refractivity contribution is 0.851. The van der Waals surface area contributed by atoms with Crippen LogP contribution in [0.5, 0.6) is 0 Å². The van der Waals surface area contributed by atoms with Crippen LogP contribution >= 0.6 is 56.8 Å². The molecule has 0 atom stereocenters. The van der Waals surface area contributed by atoms with Crippen molar-refractivity contribution in [2.45, 2.75) is 0 Å². The third-order valence-electron chi connectivity index (χ3n) is 1.63. The molecule has 14 heavy (non-hydrogen) atoms. The fourth-order valence-corrected chi connectivity index (χ4v) is 2.25. The van der Waals surface area contributed by atoms with Gasteiger partial charge in [0.1, 0.15) is 8.85 Å². The zero-order chi connectivity index (χ0) is 10.1. The summed E-state index contributed by atoms with van der Waals surface area (Å²) >= 11 is 10.3. The largest absolute Gasteiger partial charge is 0.243 e. The SMILES string of the molecule is Clc1cc(-n2nccc2I)c(I)cn1. The van der Waals surface area contributed by atoms with E-state index in [-0.39, 0.29) is 0 Å². The topological polar surface area (TPSA) is 30.7 Å². The van der Waals surface area contributed by atoms with Crippen molar-refractivity contribution in [1.82, 2.24) is 14.8 Å². The maximum Gasteiger partial charge on any atom is 0.131 e. The van der Waals surface area contributed by atoms with Gasteiger partial charge in [0, 0.05) is 12.3 Å². The summed E-state index contributed by atoms with van der Waals surface area (Å²) in [5.74, 6) is 0. The zero-order valence-electron chi connectivity index (χ0n) is 6.78. The van der Waals surface area contributed by atoms with Gasteiger partial charge in [-0.05, 0) is 51.2 Å². The maximum atomic E-state index is 5.83. The van der Waals surface area contributed by atoms with E-state index in [9.17, 15) is 0 Å². The molecule has 2 heterocycles. The molecular weight excluding hydrogens is 427 g/mol. The second kappa shape index (κ2) is 4.31. The molecule has 3 nitrogen and oxygen atoms in total. The Hall–Kier alpha value is 0.110. The average molecular weight is 431 g/mol. The summed E-state index contributed by atoms with van der Waals surface area (Å²) in [7, 11) is 0. The second-order valence-corrected chi connectivity index (χ2v) is 5.18. The molecule has 0 aliphatic rings. The lowest BCUT2D eigenvalue weighted by Gasteiger charge is -2.05. The number of nitrogens with zero attached hydrogens (tertiary/aromatic N) is 3. The Morgan fingerprint density at radius 1 is 1.36 bits per heavy atom. The summed E-state index contributed by atoms with van der Waals surface area (Å²) in [5.41, 5.74) is 0.958. The fraction of sp³-hybridized carbons (Fsp3) is 0. The highest BCUT2D eigenvalue weighted by Crippen LogP contribution is 2.20. The van der Waals surface area contributed by atoms with Gasteiger partial charge in [-0.3, -0.25) is 0 Å². The summed E-state index contributed by atoms with van der Waals surface area (Å²) in [6, 6.07) is 3.74. The molecule has 0 aromatic carbocycles. The summed E-state index contributed by atoms with van der Waals surface area (Å²) in [6.07, 6.45) is 3.49. The quantitative estimate of drug-likeness (QED) is 0.513. The molecule has 0 N–H and O–H groups in total. The number of pyridine rings is 1. The van der Waals surface area contributed by atoms with Gasteiger partial charge in [0.25, 0.3) is 0 Å². The van der Waals surface area contributed by atoms with Gasteiger partial charge in [0.05, 0.1) is 15.5 Å². The van der Waals surface area contributed by atoms with Gasteiger partial charge in [-0.2, -0.15) is 5.10 Å². The Balaban J connectivity index is 2.62. The molecule has 0 unspecified atom stereocenters. The van der Waals surface area contributed by atoms with Crippen LogP contribution in [0.1, 0.15) is 0 Å². The molecule has 0 aliphatic heterocycles. The van der Waals surface area contributed by atoms with Crippen LogP contribution in [0.2, 0.25) is 5.15 Å². The van der Waals surface area contributed by atoms with E-state index in [0.29, 0.717) is 5.15 Å². The van der Waals surface area contributed by atoms with Gasteiger partial charge in [-0.15, -0.1) is 0 Å². The van der Waals surface area contributed by atoms with Crippen LogP contribution in [-0.2, 0) is 0 Å². The van der Waals surface area contributed by atoms with E-state index in [4.69, 9.17) is 11.6 Å². The van der Waals surface area contributed by atoms with Gasteiger partial charge in [-0.1, -0.05) is 11.6 Å².